The molecule has 0 bridgehead atoms. The Morgan fingerprint density at radius 1 is 1.08 bits per heavy atom. The third kappa shape index (κ3) is 5.00. The van der Waals surface area contributed by atoms with Gasteiger partial charge in [-0.3, -0.25) is 0 Å². The molecule has 0 atom stereocenters. The molecule has 0 saturated heterocycles. The van der Waals surface area contributed by atoms with E-state index in [1.54, 1.807) is 19.4 Å². The summed E-state index contributed by atoms with van der Waals surface area (Å²) in [6.07, 6.45) is 2.46. The summed E-state index contributed by atoms with van der Waals surface area (Å²) in [5.41, 5.74) is 1.89. The van der Waals surface area contributed by atoms with Crippen molar-refractivity contribution >= 4 is 40.7 Å². The molecule has 0 spiro atoms. The standard InChI is InChI=1S/C19H18Cl2N4O/c1-26-16-4-2-3-15(12-16)24-19-23-10-8-18(25-19)22-9-7-13-5-6-14(20)11-17(13)21/h2-6,8,10-12H,7,9H2,1H3,(H2,22,23,24,25). The van der Waals surface area contributed by atoms with E-state index in [0.29, 0.717) is 22.5 Å². The molecule has 0 aliphatic carbocycles. The second-order valence-corrected chi connectivity index (χ2v) is 6.38. The Balaban J connectivity index is 1.60. The quantitative estimate of drug-likeness (QED) is 0.582. The number of aromatic nitrogens is 2. The van der Waals surface area contributed by atoms with Crippen LogP contribution in [0.25, 0.3) is 0 Å². The molecular weight excluding hydrogens is 371 g/mol. The number of hydrogen-bond donors (Lipinski definition) is 2. The lowest BCUT2D eigenvalue weighted by Crippen LogP contribution is -2.08. The van der Waals surface area contributed by atoms with Crippen LogP contribution in [0, 0.1) is 0 Å². The predicted octanol–water partition coefficient (Wildman–Crippen LogP) is 5.19. The lowest BCUT2D eigenvalue weighted by atomic mass is 10.1. The fourth-order valence-corrected chi connectivity index (χ4v) is 2.90. The Morgan fingerprint density at radius 3 is 2.77 bits per heavy atom. The highest BCUT2D eigenvalue weighted by molar-refractivity contribution is 6.35. The normalized spacial score (nSPS) is 10.4. The van der Waals surface area contributed by atoms with Gasteiger partial charge in [0.2, 0.25) is 5.95 Å². The van der Waals surface area contributed by atoms with Gasteiger partial charge in [-0.15, -0.1) is 0 Å². The first-order valence-corrected chi connectivity index (χ1v) is 8.81. The molecular formula is C19H18Cl2N4O. The van der Waals surface area contributed by atoms with Crippen LogP contribution in [0.2, 0.25) is 10.0 Å². The molecule has 2 aromatic carbocycles. The fourth-order valence-electron chi connectivity index (χ4n) is 2.40. The summed E-state index contributed by atoms with van der Waals surface area (Å²) in [7, 11) is 1.63. The molecule has 5 nitrogen and oxygen atoms in total. The maximum absolute atomic E-state index is 6.19. The number of benzene rings is 2. The second-order valence-electron chi connectivity index (χ2n) is 5.53. The molecule has 0 aliphatic heterocycles. The smallest absolute Gasteiger partial charge is 0.229 e. The molecule has 0 aliphatic rings. The zero-order valence-electron chi connectivity index (χ0n) is 14.2. The number of methoxy groups -OCH3 is 1. The summed E-state index contributed by atoms with van der Waals surface area (Å²) in [5, 5.41) is 7.74. The highest BCUT2D eigenvalue weighted by Gasteiger charge is 2.04. The first-order chi connectivity index (χ1) is 12.6. The zero-order valence-corrected chi connectivity index (χ0v) is 15.7. The molecule has 7 heteroatoms. The van der Waals surface area contributed by atoms with Crippen molar-refractivity contribution in [1.82, 2.24) is 9.97 Å². The molecule has 0 unspecified atom stereocenters. The summed E-state index contributed by atoms with van der Waals surface area (Å²) in [6, 6.07) is 14.9. The average molecular weight is 389 g/mol. The SMILES string of the molecule is COc1cccc(Nc2nccc(NCCc3ccc(Cl)cc3Cl)n2)c1. The third-order valence-corrected chi connectivity index (χ3v) is 4.28. The number of halogens is 2. The van der Waals surface area contributed by atoms with E-state index in [0.717, 1.165) is 29.2 Å². The van der Waals surface area contributed by atoms with Crippen LogP contribution in [0.15, 0.2) is 54.7 Å². The van der Waals surface area contributed by atoms with E-state index >= 15 is 0 Å². The Bertz CT molecular complexity index is 889. The molecule has 3 rings (SSSR count). The van der Waals surface area contributed by atoms with Crippen LogP contribution in [0.1, 0.15) is 5.56 Å². The van der Waals surface area contributed by atoms with E-state index in [4.69, 9.17) is 27.9 Å². The lowest BCUT2D eigenvalue weighted by Gasteiger charge is -2.10. The van der Waals surface area contributed by atoms with Crippen molar-refractivity contribution in [1.29, 1.82) is 0 Å². The minimum Gasteiger partial charge on any atom is -0.497 e. The maximum atomic E-state index is 6.19. The van der Waals surface area contributed by atoms with Crippen molar-refractivity contribution in [2.24, 2.45) is 0 Å². The topological polar surface area (TPSA) is 59.1 Å². The van der Waals surface area contributed by atoms with Gasteiger partial charge >= 0.3 is 0 Å². The Labute approximate surface area is 162 Å². The molecule has 0 amide bonds. The monoisotopic (exact) mass is 388 g/mol. The number of anilines is 3. The van der Waals surface area contributed by atoms with Crippen molar-refractivity contribution in [3.05, 3.63) is 70.3 Å². The van der Waals surface area contributed by atoms with Gasteiger partial charge in [-0.25, -0.2) is 4.98 Å². The van der Waals surface area contributed by atoms with Gasteiger partial charge in [0, 0.05) is 34.5 Å². The Morgan fingerprint density at radius 2 is 1.96 bits per heavy atom. The van der Waals surface area contributed by atoms with Gasteiger partial charge in [-0.05, 0) is 42.3 Å². The molecule has 3 aromatic rings. The largest absolute Gasteiger partial charge is 0.497 e. The van der Waals surface area contributed by atoms with Crippen LogP contribution in [-0.2, 0) is 6.42 Å². The maximum Gasteiger partial charge on any atom is 0.229 e. The van der Waals surface area contributed by atoms with E-state index in [2.05, 4.69) is 20.6 Å². The summed E-state index contributed by atoms with van der Waals surface area (Å²) in [6.45, 7) is 0.691. The van der Waals surface area contributed by atoms with Crippen molar-refractivity contribution < 1.29 is 4.74 Å². The fraction of sp³-hybridized carbons (Fsp3) is 0.158. The number of nitrogens with zero attached hydrogens (tertiary/aromatic N) is 2. The van der Waals surface area contributed by atoms with E-state index in [1.807, 2.05) is 42.5 Å². The van der Waals surface area contributed by atoms with E-state index < -0.39 is 0 Å². The van der Waals surface area contributed by atoms with Crippen LogP contribution < -0.4 is 15.4 Å². The van der Waals surface area contributed by atoms with Gasteiger partial charge < -0.3 is 15.4 Å². The van der Waals surface area contributed by atoms with Gasteiger partial charge in [0.25, 0.3) is 0 Å². The van der Waals surface area contributed by atoms with Crippen LogP contribution in [0.3, 0.4) is 0 Å². The van der Waals surface area contributed by atoms with E-state index in [-0.39, 0.29) is 0 Å². The summed E-state index contributed by atoms with van der Waals surface area (Å²) in [4.78, 5) is 8.70. The molecule has 0 fully saturated rings. The van der Waals surface area contributed by atoms with Gasteiger partial charge in [-0.1, -0.05) is 35.3 Å². The molecule has 1 aromatic heterocycles. The van der Waals surface area contributed by atoms with Gasteiger partial charge in [0.05, 0.1) is 7.11 Å². The van der Waals surface area contributed by atoms with Crippen molar-refractivity contribution in [2.45, 2.75) is 6.42 Å². The average Bonchev–Trinajstić information content (AvgIpc) is 2.64. The Hall–Kier alpha value is -2.50. The van der Waals surface area contributed by atoms with Crippen molar-refractivity contribution in [3.63, 3.8) is 0 Å². The number of hydrogen-bond acceptors (Lipinski definition) is 5. The van der Waals surface area contributed by atoms with E-state index in [1.165, 1.54) is 0 Å². The van der Waals surface area contributed by atoms with Crippen molar-refractivity contribution in [2.75, 3.05) is 24.3 Å². The Kier molecular flexibility index (Phi) is 6.15. The van der Waals surface area contributed by atoms with Gasteiger partial charge in [0.1, 0.15) is 11.6 Å². The number of nitrogens with one attached hydrogen (secondary N) is 2. The summed E-state index contributed by atoms with van der Waals surface area (Å²) in [5.74, 6) is 2.01. The molecule has 0 saturated carbocycles. The van der Waals surface area contributed by atoms with Crippen LogP contribution >= 0.6 is 23.2 Å². The number of ether oxygens (including phenoxy) is 1. The minimum absolute atomic E-state index is 0.507. The predicted molar refractivity (Wildman–Crippen MR) is 107 cm³/mol. The van der Waals surface area contributed by atoms with Crippen molar-refractivity contribution in [3.8, 4) is 5.75 Å². The summed E-state index contributed by atoms with van der Waals surface area (Å²) < 4.78 is 5.22. The minimum atomic E-state index is 0.507. The first-order valence-electron chi connectivity index (χ1n) is 8.06. The molecule has 26 heavy (non-hydrogen) atoms. The third-order valence-electron chi connectivity index (χ3n) is 3.70. The summed E-state index contributed by atoms with van der Waals surface area (Å²) >= 11 is 12.1. The zero-order chi connectivity index (χ0) is 18.4. The van der Waals surface area contributed by atoms with Gasteiger partial charge in [0.15, 0.2) is 0 Å². The molecule has 0 radical (unpaired) electrons. The van der Waals surface area contributed by atoms with Gasteiger partial charge in [-0.2, -0.15) is 4.98 Å². The molecule has 2 N–H and O–H groups in total. The van der Waals surface area contributed by atoms with E-state index in [9.17, 15) is 0 Å². The lowest BCUT2D eigenvalue weighted by molar-refractivity contribution is 0.415. The first kappa shape index (κ1) is 18.3. The molecule has 134 valence electrons. The highest BCUT2D eigenvalue weighted by atomic mass is 35.5. The van der Waals surface area contributed by atoms with Crippen LogP contribution in [0.5, 0.6) is 5.75 Å². The van der Waals surface area contributed by atoms with Crippen LogP contribution in [-0.4, -0.2) is 23.6 Å². The van der Waals surface area contributed by atoms with Crippen LogP contribution in [0.4, 0.5) is 17.5 Å². The number of rotatable bonds is 7. The highest BCUT2D eigenvalue weighted by Crippen LogP contribution is 2.22. The molecule has 1 heterocycles. The second kappa shape index (κ2) is 8.74.